The Labute approximate surface area is 136 Å². The summed E-state index contributed by atoms with van der Waals surface area (Å²) in [4.78, 5) is 14.3. The highest BCUT2D eigenvalue weighted by Gasteiger charge is 2.21. The van der Waals surface area contributed by atoms with E-state index in [4.69, 9.17) is 0 Å². The third-order valence-corrected chi connectivity index (χ3v) is 5.33. The summed E-state index contributed by atoms with van der Waals surface area (Å²) >= 11 is 1.73. The first-order valence-corrected chi connectivity index (χ1v) is 8.89. The van der Waals surface area contributed by atoms with Gasteiger partial charge in [0.1, 0.15) is 0 Å². The van der Waals surface area contributed by atoms with Crippen molar-refractivity contribution >= 4 is 17.7 Å². The lowest BCUT2D eigenvalue weighted by atomic mass is 10.0. The van der Waals surface area contributed by atoms with Gasteiger partial charge < -0.3 is 4.90 Å². The molecule has 0 radical (unpaired) electrons. The van der Waals surface area contributed by atoms with Crippen LogP contribution in [0.25, 0.3) is 0 Å². The molecule has 1 amide bonds. The molecule has 1 fully saturated rings. The van der Waals surface area contributed by atoms with Crippen molar-refractivity contribution in [1.82, 2.24) is 4.90 Å². The Morgan fingerprint density at radius 3 is 1.91 bits per heavy atom. The number of benzene rings is 2. The number of likely N-dealkylation sites (tertiary alicyclic amines) is 1. The maximum Gasteiger partial charge on any atom is 0.232 e. The van der Waals surface area contributed by atoms with Crippen LogP contribution in [0.2, 0.25) is 0 Å². The molecule has 3 rings (SSSR count). The van der Waals surface area contributed by atoms with Crippen LogP contribution in [0.15, 0.2) is 60.7 Å². The van der Waals surface area contributed by atoms with Crippen molar-refractivity contribution in [2.24, 2.45) is 0 Å². The van der Waals surface area contributed by atoms with Crippen LogP contribution >= 0.6 is 11.8 Å². The van der Waals surface area contributed by atoms with Gasteiger partial charge in [-0.3, -0.25) is 4.79 Å². The highest BCUT2D eigenvalue weighted by Crippen LogP contribution is 2.35. The smallest absolute Gasteiger partial charge is 0.232 e. The van der Waals surface area contributed by atoms with Crippen LogP contribution in [-0.2, 0) is 4.79 Å². The number of nitrogens with zero attached hydrogens (tertiary/aromatic N) is 1. The topological polar surface area (TPSA) is 20.3 Å². The molecule has 2 aromatic carbocycles. The molecule has 0 saturated carbocycles. The average molecular weight is 311 g/mol. The molecule has 0 N–H and O–H groups in total. The van der Waals surface area contributed by atoms with E-state index < -0.39 is 0 Å². The molecule has 22 heavy (non-hydrogen) atoms. The standard InChI is InChI=1S/C19H21NOS/c21-18(20-13-7-8-14-20)15-22-19(16-9-3-1-4-10-16)17-11-5-2-6-12-17/h1-6,9-12,19H,7-8,13-15H2. The highest BCUT2D eigenvalue weighted by atomic mass is 32.2. The summed E-state index contributed by atoms with van der Waals surface area (Å²) in [7, 11) is 0. The number of carbonyl (C=O) groups excluding carboxylic acids is 1. The zero-order valence-corrected chi connectivity index (χ0v) is 13.5. The summed E-state index contributed by atoms with van der Waals surface area (Å²) in [5, 5.41) is 0.217. The van der Waals surface area contributed by atoms with Crippen LogP contribution in [0, 0.1) is 0 Å². The Kier molecular flexibility index (Phi) is 5.17. The lowest BCUT2D eigenvalue weighted by molar-refractivity contribution is -0.127. The normalized spacial score (nSPS) is 14.5. The Bertz CT molecular complexity index is 554. The minimum Gasteiger partial charge on any atom is -0.342 e. The maximum atomic E-state index is 12.3. The van der Waals surface area contributed by atoms with E-state index >= 15 is 0 Å². The van der Waals surface area contributed by atoms with Crippen LogP contribution in [0.5, 0.6) is 0 Å². The van der Waals surface area contributed by atoms with Crippen molar-refractivity contribution < 1.29 is 4.79 Å². The summed E-state index contributed by atoms with van der Waals surface area (Å²) in [6.45, 7) is 1.86. The molecule has 0 bridgehead atoms. The van der Waals surface area contributed by atoms with E-state index in [9.17, 15) is 4.79 Å². The van der Waals surface area contributed by atoms with E-state index in [1.165, 1.54) is 11.1 Å². The van der Waals surface area contributed by atoms with E-state index in [2.05, 4.69) is 48.5 Å². The van der Waals surface area contributed by atoms with Crippen molar-refractivity contribution in [3.8, 4) is 0 Å². The predicted molar refractivity (Wildman–Crippen MR) is 93.0 cm³/mol. The van der Waals surface area contributed by atoms with Crippen molar-refractivity contribution in [2.75, 3.05) is 18.8 Å². The SMILES string of the molecule is O=C(CSC(c1ccccc1)c1ccccc1)N1CCCC1. The van der Waals surface area contributed by atoms with Gasteiger partial charge in [0.05, 0.1) is 11.0 Å². The second-order valence-corrected chi connectivity index (χ2v) is 6.69. The van der Waals surface area contributed by atoms with Crippen LogP contribution in [0.4, 0.5) is 0 Å². The lowest BCUT2D eigenvalue weighted by Crippen LogP contribution is -2.29. The van der Waals surface area contributed by atoms with Crippen molar-refractivity contribution in [3.05, 3.63) is 71.8 Å². The summed E-state index contributed by atoms with van der Waals surface area (Å²) < 4.78 is 0. The summed E-state index contributed by atoms with van der Waals surface area (Å²) in [5.41, 5.74) is 2.51. The first-order chi connectivity index (χ1) is 10.8. The van der Waals surface area contributed by atoms with Gasteiger partial charge in [-0.1, -0.05) is 60.7 Å². The molecule has 0 unspecified atom stereocenters. The fraction of sp³-hybridized carbons (Fsp3) is 0.316. The lowest BCUT2D eigenvalue weighted by Gasteiger charge is -2.20. The van der Waals surface area contributed by atoms with E-state index in [1.807, 2.05) is 17.0 Å². The second kappa shape index (κ2) is 7.50. The number of carbonyl (C=O) groups is 1. The molecule has 0 aliphatic carbocycles. The Morgan fingerprint density at radius 2 is 1.41 bits per heavy atom. The van der Waals surface area contributed by atoms with Crippen LogP contribution < -0.4 is 0 Å². The minimum absolute atomic E-state index is 0.217. The average Bonchev–Trinajstić information content (AvgIpc) is 3.11. The Morgan fingerprint density at radius 1 is 0.909 bits per heavy atom. The molecular formula is C19H21NOS. The zero-order valence-electron chi connectivity index (χ0n) is 12.7. The van der Waals surface area contributed by atoms with Gasteiger partial charge in [0.2, 0.25) is 5.91 Å². The predicted octanol–water partition coefficient (Wildman–Crippen LogP) is 4.13. The monoisotopic (exact) mass is 311 g/mol. The fourth-order valence-electron chi connectivity index (χ4n) is 2.85. The summed E-state index contributed by atoms with van der Waals surface area (Å²) in [6, 6.07) is 20.9. The van der Waals surface area contributed by atoms with E-state index in [-0.39, 0.29) is 11.2 Å². The fourth-order valence-corrected chi connectivity index (χ4v) is 4.04. The van der Waals surface area contributed by atoms with Gasteiger partial charge in [0.15, 0.2) is 0 Å². The van der Waals surface area contributed by atoms with Gasteiger partial charge in [-0.05, 0) is 24.0 Å². The minimum atomic E-state index is 0.217. The number of hydrogen-bond donors (Lipinski definition) is 0. The van der Waals surface area contributed by atoms with E-state index in [0.29, 0.717) is 5.75 Å². The molecular weight excluding hydrogens is 290 g/mol. The van der Waals surface area contributed by atoms with Gasteiger partial charge in [-0.2, -0.15) is 0 Å². The third kappa shape index (κ3) is 3.72. The maximum absolute atomic E-state index is 12.3. The quantitative estimate of drug-likeness (QED) is 0.827. The number of thioether (sulfide) groups is 1. The molecule has 1 aliphatic heterocycles. The number of rotatable bonds is 5. The molecule has 1 aliphatic rings. The van der Waals surface area contributed by atoms with Crippen LogP contribution in [0.3, 0.4) is 0 Å². The molecule has 0 atom stereocenters. The molecule has 3 heteroatoms. The summed E-state index contributed by atoms with van der Waals surface area (Å²) in [6.07, 6.45) is 2.30. The zero-order chi connectivity index (χ0) is 15.2. The van der Waals surface area contributed by atoms with E-state index in [1.54, 1.807) is 11.8 Å². The summed E-state index contributed by atoms with van der Waals surface area (Å²) in [5.74, 6) is 0.827. The first-order valence-electron chi connectivity index (χ1n) is 7.84. The van der Waals surface area contributed by atoms with Crippen molar-refractivity contribution in [3.63, 3.8) is 0 Å². The molecule has 2 nitrogen and oxygen atoms in total. The first kappa shape index (κ1) is 15.2. The molecule has 1 saturated heterocycles. The Hall–Kier alpha value is -1.74. The van der Waals surface area contributed by atoms with Crippen molar-refractivity contribution in [2.45, 2.75) is 18.1 Å². The van der Waals surface area contributed by atoms with Gasteiger partial charge in [0, 0.05) is 13.1 Å². The second-order valence-electron chi connectivity index (χ2n) is 5.60. The molecule has 0 aromatic heterocycles. The largest absolute Gasteiger partial charge is 0.342 e. The van der Waals surface area contributed by atoms with Crippen LogP contribution in [0.1, 0.15) is 29.2 Å². The van der Waals surface area contributed by atoms with Gasteiger partial charge in [0.25, 0.3) is 0 Å². The van der Waals surface area contributed by atoms with Gasteiger partial charge >= 0.3 is 0 Å². The van der Waals surface area contributed by atoms with Gasteiger partial charge in [-0.15, -0.1) is 11.8 Å². The Balaban J connectivity index is 1.73. The molecule has 2 aromatic rings. The molecule has 0 spiro atoms. The number of amides is 1. The van der Waals surface area contributed by atoms with E-state index in [0.717, 1.165) is 25.9 Å². The molecule has 1 heterocycles. The van der Waals surface area contributed by atoms with Gasteiger partial charge in [-0.25, -0.2) is 0 Å². The van der Waals surface area contributed by atoms with Crippen LogP contribution in [-0.4, -0.2) is 29.6 Å². The van der Waals surface area contributed by atoms with Crippen molar-refractivity contribution in [1.29, 1.82) is 0 Å². The highest BCUT2D eigenvalue weighted by molar-refractivity contribution is 8.00. The molecule has 114 valence electrons. The third-order valence-electron chi connectivity index (χ3n) is 4.04. The number of hydrogen-bond acceptors (Lipinski definition) is 2.